The molecule has 0 aliphatic carbocycles. The first-order valence-electron chi connectivity index (χ1n) is 8.73. The third-order valence-corrected chi connectivity index (χ3v) is 5.76. The molecule has 0 amide bonds. The van der Waals surface area contributed by atoms with Crippen LogP contribution in [0.15, 0.2) is 28.9 Å². The van der Waals surface area contributed by atoms with Crippen LogP contribution >= 0.6 is 15.9 Å². The topological polar surface area (TPSA) is 39.4 Å². The van der Waals surface area contributed by atoms with E-state index in [1.807, 2.05) is 23.7 Å². The highest BCUT2D eigenvalue weighted by Crippen LogP contribution is 2.32. The lowest BCUT2D eigenvalue weighted by molar-refractivity contribution is 0.180. The van der Waals surface area contributed by atoms with Gasteiger partial charge in [0.05, 0.1) is 12.3 Å². The van der Waals surface area contributed by atoms with E-state index in [4.69, 9.17) is 9.72 Å². The highest BCUT2D eigenvalue weighted by atomic mass is 79.9. The summed E-state index contributed by atoms with van der Waals surface area (Å²) in [7, 11) is 0. The minimum atomic E-state index is 0.190. The molecule has 2 heterocycles. The van der Waals surface area contributed by atoms with Crippen LogP contribution in [0.1, 0.15) is 43.5 Å². The molecule has 25 heavy (non-hydrogen) atoms. The van der Waals surface area contributed by atoms with Crippen molar-refractivity contribution in [2.24, 2.45) is 0 Å². The SMILES string of the molecule is CCC(CC)Oc1cc(C)nc2c(-c3cc(C)c(Br)c(C)c3)cnn12. The Balaban J connectivity index is 2.15. The van der Waals surface area contributed by atoms with Crippen LogP contribution < -0.4 is 4.74 Å². The van der Waals surface area contributed by atoms with E-state index in [1.54, 1.807) is 0 Å². The van der Waals surface area contributed by atoms with Crippen LogP contribution in [0, 0.1) is 20.8 Å². The predicted molar refractivity (Wildman–Crippen MR) is 105 cm³/mol. The molecule has 132 valence electrons. The Labute approximate surface area is 157 Å². The number of aryl methyl sites for hydroxylation is 3. The van der Waals surface area contributed by atoms with Crippen molar-refractivity contribution >= 4 is 21.6 Å². The van der Waals surface area contributed by atoms with Crippen LogP contribution in [0.4, 0.5) is 0 Å². The fourth-order valence-electron chi connectivity index (χ4n) is 3.07. The van der Waals surface area contributed by atoms with Crippen molar-refractivity contribution in [3.05, 3.63) is 45.7 Å². The molecule has 0 aliphatic heterocycles. The molecule has 0 N–H and O–H groups in total. The maximum absolute atomic E-state index is 6.18. The summed E-state index contributed by atoms with van der Waals surface area (Å²) in [6.07, 6.45) is 4.01. The number of rotatable bonds is 5. The summed E-state index contributed by atoms with van der Waals surface area (Å²) in [5, 5.41) is 4.56. The lowest BCUT2D eigenvalue weighted by atomic mass is 10.0. The van der Waals surface area contributed by atoms with Crippen LogP contribution in [0.5, 0.6) is 5.88 Å². The third kappa shape index (κ3) is 3.43. The Morgan fingerprint density at radius 2 is 1.72 bits per heavy atom. The first-order chi connectivity index (χ1) is 11.9. The summed E-state index contributed by atoms with van der Waals surface area (Å²) < 4.78 is 9.14. The average Bonchev–Trinajstić information content (AvgIpc) is 3.00. The summed E-state index contributed by atoms with van der Waals surface area (Å²) in [6.45, 7) is 10.5. The molecule has 0 fully saturated rings. The van der Waals surface area contributed by atoms with Crippen LogP contribution in [-0.2, 0) is 0 Å². The Bertz CT molecular complexity index is 890. The van der Waals surface area contributed by atoms with Gasteiger partial charge in [0.1, 0.15) is 0 Å². The molecule has 0 bridgehead atoms. The Morgan fingerprint density at radius 3 is 2.32 bits per heavy atom. The number of halogens is 1. The van der Waals surface area contributed by atoms with Crippen molar-refractivity contribution in [1.29, 1.82) is 0 Å². The zero-order valence-electron chi connectivity index (χ0n) is 15.4. The van der Waals surface area contributed by atoms with Gasteiger partial charge < -0.3 is 4.74 Å². The monoisotopic (exact) mass is 401 g/mol. The molecule has 3 rings (SSSR count). The molecule has 4 nitrogen and oxygen atoms in total. The van der Waals surface area contributed by atoms with Gasteiger partial charge in [-0.1, -0.05) is 41.9 Å². The number of nitrogens with zero attached hydrogens (tertiary/aromatic N) is 3. The fourth-order valence-corrected chi connectivity index (χ4v) is 3.29. The number of hydrogen-bond donors (Lipinski definition) is 0. The minimum absolute atomic E-state index is 0.190. The average molecular weight is 402 g/mol. The van der Waals surface area contributed by atoms with E-state index in [0.717, 1.165) is 45.7 Å². The van der Waals surface area contributed by atoms with Gasteiger partial charge in [-0.25, -0.2) is 4.98 Å². The van der Waals surface area contributed by atoms with Crippen molar-refractivity contribution in [3.63, 3.8) is 0 Å². The summed E-state index contributed by atoms with van der Waals surface area (Å²) in [4.78, 5) is 4.72. The summed E-state index contributed by atoms with van der Waals surface area (Å²) in [5.41, 5.74) is 6.32. The smallest absolute Gasteiger partial charge is 0.218 e. The van der Waals surface area contributed by atoms with E-state index < -0.39 is 0 Å². The third-order valence-electron chi connectivity index (χ3n) is 4.51. The zero-order chi connectivity index (χ0) is 18.1. The number of ether oxygens (including phenoxy) is 1. The molecule has 0 radical (unpaired) electrons. The van der Waals surface area contributed by atoms with Crippen molar-refractivity contribution in [2.45, 2.75) is 53.6 Å². The second-order valence-corrected chi connectivity index (χ2v) is 7.30. The maximum atomic E-state index is 6.18. The van der Waals surface area contributed by atoms with E-state index in [9.17, 15) is 0 Å². The van der Waals surface area contributed by atoms with Gasteiger partial charge in [0.15, 0.2) is 5.65 Å². The number of benzene rings is 1. The van der Waals surface area contributed by atoms with Crippen molar-refractivity contribution in [1.82, 2.24) is 14.6 Å². The van der Waals surface area contributed by atoms with Gasteiger partial charge in [-0.15, -0.1) is 0 Å². The molecule has 0 saturated heterocycles. The molecule has 0 saturated carbocycles. The first-order valence-corrected chi connectivity index (χ1v) is 9.53. The minimum Gasteiger partial charge on any atom is -0.474 e. The van der Waals surface area contributed by atoms with E-state index in [2.05, 4.69) is 60.9 Å². The number of fused-ring (bicyclic) bond motifs is 1. The Morgan fingerprint density at radius 1 is 1.08 bits per heavy atom. The van der Waals surface area contributed by atoms with Gasteiger partial charge in [-0.3, -0.25) is 0 Å². The highest BCUT2D eigenvalue weighted by molar-refractivity contribution is 9.10. The van der Waals surface area contributed by atoms with Gasteiger partial charge >= 0.3 is 0 Å². The van der Waals surface area contributed by atoms with Gasteiger partial charge in [-0.2, -0.15) is 9.61 Å². The molecule has 3 aromatic rings. The second-order valence-electron chi connectivity index (χ2n) is 6.51. The van der Waals surface area contributed by atoms with Crippen LogP contribution in [0.3, 0.4) is 0 Å². The number of hydrogen-bond acceptors (Lipinski definition) is 3. The van der Waals surface area contributed by atoms with Crippen molar-refractivity contribution in [3.8, 4) is 17.0 Å². The standard InChI is InChI=1S/C20H24BrN3O/c1-6-16(7-2)25-18-10-14(5)23-20-17(11-22-24(18)20)15-8-12(3)19(21)13(4)9-15/h8-11,16H,6-7H2,1-5H3. The molecule has 0 spiro atoms. The van der Waals surface area contributed by atoms with Gasteiger partial charge in [0, 0.05) is 21.8 Å². The normalized spacial score (nSPS) is 11.5. The summed E-state index contributed by atoms with van der Waals surface area (Å²) in [6, 6.07) is 6.29. The fraction of sp³-hybridized carbons (Fsp3) is 0.400. The molecule has 0 aliphatic rings. The second kappa shape index (κ2) is 7.16. The van der Waals surface area contributed by atoms with Gasteiger partial charge in [0.25, 0.3) is 0 Å². The van der Waals surface area contributed by atoms with Crippen LogP contribution in [0.2, 0.25) is 0 Å². The van der Waals surface area contributed by atoms with Crippen LogP contribution in [-0.4, -0.2) is 20.7 Å². The Hall–Kier alpha value is -1.88. The molecule has 5 heteroatoms. The lowest BCUT2D eigenvalue weighted by Gasteiger charge is -2.16. The molecule has 1 aromatic carbocycles. The number of aromatic nitrogens is 3. The van der Waals surface area contributed by atoms with Gasteiger partial charge in [-0.05, 0) is 50.3 Å². The largest absolute Gasteiger partial charge is 0.474 e. The van der Waals surface area contributed by atoms with Gasteiger partial charge in [0.2, 0.25) is 5.88 Å². The molecule has 0 unspecified atom stereocenters. The van der Waals surface area contributed by atoms with Crippen molar-refractivity contribution < 1.29 is 4.74 Å². The molecule has 2 aromatic heterocycles. The summed E-state index contributed by atoms with van der Waals surface area (Å²) in [5.74, 6) is 0.757. The van der Waals surface area contributed by atoms with E-state index in [-0.39, 0.29) is 6.10 Å². The first kappa shape index (κ1) is 17.9. The van der Waals surface area contributed by atoms with E-state index >= 15 is 0 Å². The quantitative estimate of drug-likeness (QED) is 0.554. The zero-order valence-corrected chi connectivity index (χ0v) is 17.0. The van der Waals surface area contributed by atoms with E-state index in [0.29, 0.717) is 0 Å². The lowest BCUT2D eigenvalue weighted by Crippen LogP contribution is -2.16. The van der Waals surface area contributed by atoms with Crippen LogP contribution in [0.25, 0.3) is 16.8 Å². The maximum Gasteiger partial charge on any atom is 0.218 e. The van der Waals surface area contributed by atoms with E-state index in [1.165, 1.54) is 11.1 Å². The predicted octanol–water partition coefficient (Wildman–Crippen LogP) is 5.65. The summed E-state index contributed by atoms with van der Waals surface area (Å²) >= 11 is 3.64. The highest BCUT2D eigenvalue weighted by Gasteiger charge is 2.16. The Kier molecular flexibility index (Phi) is 5.13. The molecular weight excluding hydrogens is 378 g/mol. The van der Waals surface area contributed by atoms with Crippen molar-refractivity contribution in [2.75, 3.05) is 0 Å². The molecule has 0 atom stereocenters. The molecular formula is C20H24BrN3O.